The van der Waals surface area contributed by atoms with Gasteiger partial charge in [-0.2, -0.15) is 5.10 Å². The maximum atomic E-state index is 11.0. The van der Waals surface area contributed by atoms with Crippen molar-refractivity contribution in [3.05, 3.63) is 48.0 Å². The molecule has 0 aliphatic carbocycles. The first kappa shape index (κ1) is 20.9. The fourth-order valence-electron chi connectivity index (χ4n) is 2.20. The van der Waals surface area contributed by atoms with Gasteiger partial charge in [-0.1, -0.05) is 6.07 Å². The Kier molecular flexibility index (Phi) is 8.45. The maximum absolute atomic E-state index is 11.0. The average molecular weight is 388 g/mol. The molecular formula is C20H24N2O6. The van der Waals surface area contributed by atoms with Gasteiger partial charge >= 0.3 is 6.09 Å². The molecule has 8 heteroatoms. The van der Waals surface area contributed by atoms with Crippen LogP contribution in [-0.2, 0) is 4.74 Å². The summed E-state index contributed by atoms with van der Waals surface area (Å²) in [5, 5.41) is 3.79. The number of hydrazone groups is 1. The second-order valence-electron chi connectivity index (χ2n) is 5.38. The standard InChI is InChI=1S/C20H24N2O6/c1-4-26-19-12-15(14-21-22-20(23)25-3)8-9-18(19)28-11-10-27-17-7-5-6-16(13-17)24-2/h5-9,12-14H,4,10-11H2,1-3H3,(H,22,23). The summed E-state index contributed by atoms with van der Waals surface area (Å²) in [7, 11) is 2.87. The third-order valence-corrected chi connectivity index (χ3v) is 3.47. The first-order valence-corrected chi connectivity index (χ1v) is 8.69. The van der Waals surface area contributed by atoms with Crippen LogP contribution in [0.1, 0.15) is 12.5 Å². The number of amides is 1. The minimum atomic E-state index is -0.641. The Balaban J connectivity index is 1.91. The summed E-state index contributed by atoms with van der Waals surface area (Å²) < 4.78 is 26.6. The Hall–Kier alpha value is -3.42. The summed E-state index contributed by atoms with van der Waals surface area (Å²) >= 11 is 0. The van der Waals surface area contributed by atoms with Crippen LogP contribution in [0.2, 0.25) is 0 Å². The summed E-state index contributed by atoms with van der Waals surface area (Å²) in [4.78, 5) is 11.0. The second kappa shape index (κ2) is 11.3. The van der Waals surface area contributed by atoms with Crippen molar-refractivity contribution in [1.29, 1.82) is 0 Å². The molecule has 0 aliphatic rings. The van der Waals surface area contributed by atoms with Crippen molar-refractivity contribution in [2.75, 3.05) is 34.0 Å². The van der Waals surface area contributed by atoms with Crippen LogP contribution >= 0.6 is 0 Å². The predicted molar refractivity (Wildman–Crippen MR) is 105 cm³/mol. The van der Waals surface area contributed by atoms with E-state index in [4.69, 9.17) is 18.9 Å². The lowest BCUT2D eigenvalue weighted by Gasteiger charge is -2.13. The Morgan fingerprint density at radius 1 is 1.00 bits per heavy atom. The zero-order valence-corrected chi connectivity index (χ0v) is 16.1. The van der Waals surface area contributed by atoms with Gasteiger partial charge in [0.2, 0.25) is 0 Å². The van der Waals surface area contributed by atoms with Gasteiger partial charge in [0.15, 0.2) is 11.5 Å². The van der Waals surface area contributed by atoms with E-state index in [1.54, 1.807) is 25.3 Å². The predicted octanol–water partition coefficient (Wildman–Crippen LogP) is 3.24. The molecule has 0 saturated carbocycles. The lowest BCUT2D eigenvalue weighted by Crippen LogP contribution is -2.16. The van der Waals surface area contributed by atoms with Crippen LogP contribution in [0, 0.1) is 0 Å². The zero-order chi connectivity index (χ0) is 20.2. The van der Waals surface area contributed by atoms with Crippen LogP contribution in [0.15, 0.2) is 47.6 Å². The Morgan fingerprint density at radius 2 is 1.79 bits per heavy atom. The molecule has 2 aromatic rings. The number of methoxy groups -OCH3 is 2. The molecule has 0 fully saturated rings. The normalized spacial score (nSPS) is 10.4. The molecule has 0 aliphatic heterocycles. The Morgan fingerprint density at radius 3 is 2.54 bits per heavy atom. The summed E-state index contributed by atoms with van der Waals surface area (Å²) in [5.74, 6) is 2.61. The van der Waals surface area contributed by atoms with Crippen molar-refractivity contribution >= 4 is 12.3 Å². The van der Waals surface area contributed by atoms with E-state index in [0.717, 1.165) is 11.3 Å². The molecule has 2 aromatic carbocycles. The number of nitrogens with one attached hydrogen (secondary N) is 1. The highest BCUT2D eigenvalue weighted by atomic mass is 16.5. The summed E-state index contributed by atoms with van der Waals surface area (Å²) in [6, 6.07) is 12.7. The van der Waals surface area contributed by atoms with Gasteiger partial charge in [0, 0.05) is 6.07 Å². The van der Waals surface area contributed by atoms with Gasteiger partial charge in [0.25, 0.3) is 0 Å². The van der Waals surface area contributed by atoms with Crippen LogP contribution in [-0.4, -0.2) is 46.3 Å². The van der Waals surface area contributed by atoms with E-state index in [0.29, 0.717) is 37.1 Å². The molecule has 0 heterocycles. The third-order valence-electron chi connectivity index (χ3n) is 3.47. The molecule has 1 N–H and O–H groups in total. The number of hydrogen-bond donors (Lipinski definition) is 1. The first-order chi connectivity index (χ1) is 13.7. The molecule has 0 aromatic heterocycles. The fraction of sp³-hybridized carbons (Fsp3) is 0.300. The molecule has 2 rings (SSSR count). The SMILES string of the molecule is CCOc1cc(C=NNC(=O)OC)ccc1OCCOc1cccc(OC)c1. The first-order valence-electron chi connectivity index (χ1n) is 8.69. The topological polar surface area (TPSA) is 87.6 Å². The van der Waals surface area contributed by atoms with Crippen LogP contribution < -0.4 is 24.4 Å². The van der Waals surface area contributed by atoms with Crippen LogP contribution in [0.4, 0.5) is 4.79 Å². The highest BCUT2D eigenvalue weighted by molar-refractivity contribution is 5.82. The number of benzene rings is 2. The van der Waals surface area contributed by atoms with E-state index in [2.05, 4.69) is 15.3 Å². The number of nitrogens with zero attached hydrogens (tertiary/aromatic N) is 1. The monoisotopic (exact) mass is 388 g/mol. The molecule has 0 saturated heterocycles. The fourth-order valence-corrected chi connectivity index (χ4v) is 2.20. The van der Waals surface area contributed by atoms with Crippen LogP contribution in [0.3, 0.4) is 0 Å². The van der Waals surface area contributed by atoms with Crippen molar-refractivity contribution in [2.24, 2.45) is 5.10 Å². The van der Waals surface area contributed by atoms with Crippen molar-refractivity contribution in [2.45, 2.75) is 6.92 Å². The van der Waals surface area contributed by atoms with Gasteiger partial charge < -0.3 is 23.7 Å². The quantitative estimate of drug-likeness (QED) is 0.382. The number of ether oxygens (including phenoxy) is 5. The minimum Gasteiger partial charge on any atom is -0.497 e. The van der Waals surface area contributed by atoms with Crippen molar-refractivity contribution in [3.63, 3.8) is 0 Å². The number of hydrogen-bond acceptors (Lipinski definition) is 7. The van der Waals surface area contributed by atoms with Crippen molar-refractivity contribution in [3.8, 4) is 23.0 Å². The second-order valence-corrected chi connectivity index (χ2v) is 5.38. The van der Waals surface area contributed by atoms with E-state index in [9.17, 15) is 4.79 Å². The van der Waals surface area contributed by atoms with Gasteiger partial charge in [-0.15, -0.1) is 0 Å². The summed E-state index contributed by atoms with van der Waals surface area (Å²) in [5.41, 5.74) is 2.96. The molecular weight excluding hydrogens is 364 g/mol. The number of carbonyl (C=O) groups is 1. The van der Waals surface area contributed by atoms with Crippen LogP contribution in [0.25, 0.3) is 0 Å². The number of carbonyl (C=O) groups excluding carboxylic acids is 1. The highest BCUT2D eigenvalue weighted by Crippen LogP contribution is 2.28. The summed E-state index contributed by atoms with van der Waals surface area (Å²) in [6.07, 6.45) is 0.840. The van der Waals surface area contributed by atoms with Gasteiger partial charge in [-0.25, -0.2) is 10.2 Å². The van der Waals surface area contributed by atoms with E-state index < -0.39 is 6.09 Å². The molecule has 0 unspecified atom stereocenters. The van der Waals surface area contributed by atoms with Gasteiger partial charge in [-0.3, -0.25) is 0 Å². The van der Waals surface area contributed by atoms with E-state index in [1.807, 2.05) is 31.2 Å². The summed E-state index contributed by atoms with van der Waals surface area (Å²) in [6.45, 7) is 3.08. The Bertz CT molecular complexity index is 794. The van der Waals surface area contributed by atoms with E-state index >= 15 is 0 Å². The van der Waals surface area contributed by atoms with E-state index in [1.165, 1.54) is 13.3 Å². The molecule has 28 heavy (non-hydrogen) atoms. The smallest absolute Gasteiger partial charge is 0.427 e. The van der Waals surface area contributed by atoms with E-state index in [-0.39, 0.29) is 0 Å². The maximum Gasteiger partial charge on any atom is 0.427 e. The molecule has 0 radical (unpaired) electrons. The molecule has 0 spiro atoms. The Labute approximate surface area is 164 Å². The molecule has 150 valence electrons. The van der Waals surface area contributed by atoms with Crippen molar-refractivity contribution < 1.29 is 28.5 Å². The third kappa shape index (κ3) is 6.71. The largest absolute Gasteiger partial charge is 0.497 e. The average Bonchev–Trinajstić information content (AvgIpc) is 2.72. The highest BCUT2D eigenvalue weighted by Gasteiger charge is 2.07. The number of rotatable bonds is 10. The van der Waals surface area contributed by atoms with Gasteiger partial charge in [0.05, 0.1) is 27.0 Å². The minimum absolute atomic E-state index is 0.342. The van der Waals surface area contributed by atoms with Gasteiger partial charge in [0.1, 0.15) is 24.7 Å². The molecule has 8 nitrogen and oxygen atoms in total. The van der Waals surface area contributed by atoms with Crippen molar-refractivity contribution in [1.82, 2.24) is 5.43 Å². The molecule has 0 atom stereocenters. The zero-order valence-electron chi connectivity index (χ0n) is 16.1. The lowest BCUT2D eigenvalue weighted by atomic mass is 10.2. The van der Waals surface area contributed by atoms with Crippen LogP contribution in [0.5, 0.6) is 23.0 Å². The molecule has 0 bridgehead atoms. The molecule has 1 amide bonds. The lowest BCUT2D eigenvalue weighted by molar-refractivity contribution is 0.171. The van der Waals surface area contributed by atoms with Gasteiger partial charge in [-0.05, 0) is 42.8 Å².